The van der Waals surface area contributed by atoms with Crippen LogP contribution in [0.25, 0.3) is 0 Å². The van der Waals surface area contributed by atoms with Crippen LogP contribution in [0.15, 0.2) is 42.5 Å². The second-order valence-corrected chi connectivity index (χ2v) is 7.26. The zero-order valence-electron chi connectivity index (χ0n) is 18.2. The van der Waals surface area contributed by atoms with E-state index in [1.54, 1.807) is 39.3 Å². The summed E-state index contributed by atoms with van der Waals surface area (Å²) in [5, 5.41) is 13.1. The molecule has 0 saturated heterocycles. The van der Waals surface area contributed by atoms with Crippen molar-refractivity contribution in [2.45, 2.75) is 33.5 Å². The molecule has 0 amide bonds. The van der Waals surface area contributed by atoms with E-state index in [4.69, 9.17) is 9.47 Å². The number of hydrogen-bond donors (Lipinski definition) is 2. The maximum absolute atomic E-state index is 14.2. The Morgan fingerprint density at radius 2 is 1.71 bits per heavy atom. The first kappa shape index (κ1) is 22.4. The van der Waals surface area contributed by atoms with Gasteiger partial charge in [-0.3, -0.25) is 0 Å². The van der Waals surface area contributed by atoms with Gasteiger partial charge in [0.2, 0.25) is 0 Å². The third-order valence-electron chi connectivity index (χ3n) is 5.51. The molecule has 0 aliphatic rings. The minimum atomic E-state index is -0.997. The SMILES string of the molecule is COc1cccc(CNCc2c(C(=O)O)c(C)n(Cc3ccccc3F)c2C)c1OC. The van der Waals surface area contributed by atoms with Gasteiger partial charge < -0.3 is 24.5 Å². The van der Waals surface area contributed by atoms with E-state index in [9.17, 15) is 14.3 Å². The number of carboxylic acids is 1. The zero-order valence-corrected chi connectivity index (χ0v) is 18.2. The van der Waals surface area contributed by atoms with Gasteiger partial charge in [0.05, 0.1) is 26.3 Å². The molecular formula is C24H27FN2O4. The number of carbonyl (C=O) groups is 1. The fraction of sp³-hybridized carbons (Fsp3) is 0.292. The predicted molar refractivity (Wildman–Crippen MR) is 116 cm³/mol. The monoisotopic (exact) mass is 426 g/mol. The van der Waals surface area contributed by atoms with Gasteiger partial charge in [-0.25, -0.2) is 9.18 Å². The van der Waals surface area contributed by atoms with E-state index in [2.05, 4.69) is 5.32 Å². The number of hydrogen-bond acceptors (Lipinski definition) is 4. The third kappa shape index (κ3) is 4.56. The van der Waals surface area contributed by atoms with Gasteiger partial charge in [-0.05, 0) is 26.0 Å². The summed E-state index contributed by atoms with van der Waals surface area (Å²) in [6.07, 6.45) is 0. The number of aromatic nitrogens is 1. The molecule has 1 aromatic heterocycles. The third-order valence-corrected chi connectivity index (χ3v) is 5.51. The smallest absolute Gasteiger partial charge is 0.337 e. The molecule has 1 heterocycles. The van der Waals surface area contributed by atoms with Crippen LogP contribution >= 0.6 is 0 Å². The van der Waals surface area contributed by atoms with Gasteiger partial charge in [0.1, 0.15) is 5.82 Å². The largest absolute Gasteiger partial charge is 0.493 e. The van der Waals surface area contributed by atoms with Gasteiger partial charge in [0.15, 0.2) is 11.5 Å². The van der Waals surface area contributed by atoms with Crippen molar-refractivity contribution in [1.29, 1.82) is 0 Å². The molecule has 0 atom stereocenters. The fourth-order valence-corrected chi connectivity index (χ4v) is 3.90. The molecule has 0 radical (unpaired) electrons. The number of nitrogens with zero attached hydrogens (tertiary/aromatic N) is 1. The van der Waals surface area contributed by atoms with Crippen LogP contribution in [0, 0.1) is 19.7 Å². The van der Waals surface area contributed by atoms with E-state index in [0.29, 0.717) is 41.4 Å². The predicted octanol–water partition coefficient (Wildman–Crippen LogP) is 4.30. The molecule has 0 spiro atoms. The number of rotatable bonds is 9. The molecule has 0 aliphatic heterocycles. The van der Waals surface area contributed by atoms with Crippen LogP contribution in [0.1, 0.15) is 38.4 Å². The van der Waals surface area contributed by atoms with Crippen LogP contribution in [-0.4, -0.2) is 29.9 Å². The molecular weight excluding hydrogens is 399 g/mol. The topological polar surface area (TPSA) is 72.7 Å². The summed E-state index contributed by atoms with van der Waals surface area (Å²) < 4.78 is 26.8. The minimum Gasteiger partial charge on any atom is -0.493 e. The van der Waals surface area contributed by atoms with Crippen molar-refractivity contribution in [3.63, 3.8) is 0 Å². The highest BCUT2D eigenvalue weighted by Gasteiger charge is 2.23. The first-order valence-corrected chi connectivity index (χ1v) is 9.94. The van der Waals surface area contributed by atoms with Crippen LogP contribution in [0.4, 0.5) is 4.39 Å². The molecule has 6 nitrogen and oxygen atoms in total. The minimum absolute atomic E-state index is 0.249. The average Bonchev–Trinajstić information content (AvgIpc) is 2.99. The van der Waals surface area contributed by atoms with Gasteiger partial charge in [0, 0.05) is 41.2 Å². The first-order valence-electron chi connectivity index (χ1n) is 9.94. The molecule has 2 aromatic carbocycles. The highest BCUT2D eigenvalue weighted by Crippen LogP contribution is 2.31. The van der Waals surface area contributed by atoms with Crippen molar-refractivity contribution < 1.29 is 23.8 Å². The van der Waals surface area contributed by atoms with Gasteiger partial charge in [-0.2, -0.15) is 0 Å². The molecule has 0 fully saturated rings. The molecule has 0 unspecified atom stereocenters. The van der Waals surface area contributed by atoms with Gasteiger partial charge >= 0.3 is 5.97 Å². The van der Waals surface area contributed by atoms with Crippen molar-refractivity contribution >= 4 is 5.97 Å². The normalized spacial score (nSPS) is 10.9. The van der Waals surface area contributed by atoms with Crippen LogP contribution in [0.3, 0.4) is 0 Å². The first-order chi connectivity index (χ1) is 14.9. The molecule has 31 heavy (non-hydrogen) atoms. The highest BCUT2D eigenvalue weighted by atomic mass is 19.1. The van der Waals surface area contributed by atoms with Crippen LogP contribution in [0.2, 0.25) is 0 Å². The lowest BCUT2D eigenvalue weighted by Crippen LogP contribution is -2.16. The standard InChI is InChI=1S/C24H27FN2O4/c1-15-19(13-26-12-17-9-7-11-21(30-3)23(17)31-4)22(24(28)29)16(2)27(15)14-18-8-5-6-10-20(18)25/h5-11,26H,12-14H2,1-4H3,(H,28,29). The Hall–Kier alpha value is -3.32. The van der Waals surface area contributed by atoms with Crippen LogP contribution < -0.4 is 14.8 Å². The molecule has 0 saturated carbocycles. The number of ether oxygens (including phenoxy) is 2. The van der Waals surface area contributed by atoms with Crippen molar-refractivity contribution in [2.75, 3.05) is 14.2 Å². The van der Waals surface area contributed by atoms with E-state index in [0.717, 1.165) is 11.3 Å². The molecule has 0 bridgehead atoms. The number of methoxy groups -OCH3 is 2. The number of carboxylic acid groups (broad SMARTS) is 1. The van der Waals surface area contributed by atoms with Crippen LogP contribution in [-0.2, 0) is 19.6 Å². The maximum Gasteiger partial charge on any atom is 0.337 e. The Balaban J connectivity index is 1.86. The number of benzene rings is 2. The van der Waals surface area contributed by atoms with E-state index in [1.807, 2.05) is 29.7 Å². The number of nitrogens with one attached hydrogen (secondary N) is 1. The number of halogens is 1. The average molecular weight is 426 g/mol. The number of aromatic carboxylic acids is 1. The molecule has 7 heteroatoms. The second-order valence-electron chi connectivity index (χ2n) is 7.26. The van der Waals surface area contributed by atoms with E-state index in [-0.39, 0.29) is 17.9 Å². The molecule has 2 N–H and O–H groups in total. The summed E-state index contributed by atoms with van der Waals surface area (Å²) in [7, 11) is 3.17. The zero-order chi connectivity index (χ0) is 22.5. The van der Waals surface area contributed by atoms with E-state index < -0.39 is 5.97 Å². The van der Waals surface area contributed by atoms with Gasteiger partial charge in [0.25, 0.3) is 0 Å². The summed E-state index contributed by atoms with van der Waals surface area (Å²) >= 11 is 0. The quantitative estimate of drug-likeness (QED) is 0.534. The summed E-state index contributed by atoms with van der Waals surface area (Å²) in [6, 6.07) is 12.2. The summed E-state index contributed by atoms with van der Waals surface area (Å²) in [6.45, 7) is 4.71. The van der Waals surface area contributed by atoms with Crippen molar-refractivity contribution in [1.82, 2.24) is 9.88 Å². The Morgan fingerprint density at radius 3 is 2.35 bits per heavy atom. The summed E-state index contributed by atoms with van der Waals surface area (Å²) in [5.74, 6) is -0.0302. The lowest BCUT2D eigenvalue weighted by molar-refractivity contribution is 0.0694. The molecule has 3 aromatic rings. The highest BCUT2D eigenvalue weighted by molar-refractivity contribution is 5.91. The van der Waals surface area contributed by atoms with Crippen LogP contribution in [0.5, 0.6) is 11.5 Å². The van der Waals surface area contributed by atoms with Gasteiger partial charge in [-0.1, -0.05) is 30.3 Å². The van der Waals surface area contributed by atoms with Crippen molar-refractivity contribution in [3.05, 3.63) is 81.9 Å². The van der Waals surface area contributed by atoms with Gasteiger partial charge in [-0.15, -0.1) is 0 Å². The van der Waals surface area contributed by atoms with Crippen molar-refractivity contribution in [2.24, 2.45) is 0 Å². The van der Waals surface area contributed by atoms with E-state index in [1.165, 1.54) is 6.07 Å². The molecule has 164 valence electrons. The summed E-state index contributed by atoms with van der Waals surface area (Å²) in [5.41, 5.74) is 3.74. The maximum atomic E-state index is 14.2. The van der Waals surface area contributed by atoms with E-state index >= 15 is 0 Å². The lowest BCUT2D eigenvalue weighted by Gasteiger charge is -2.13. The Morgan fingerprint density at radius 1 is 1.00 bits per heavy atom. The van der Waals surface area contributed by atoms with Crippen molar-refractivity contribution in [3.8, 4) is 11.5 Å². The molecule has 0 aliphatic carbocycles. The molecule has 3 rings (SSSR count). The Bertz CT molecular complexity index is 1090. The Labute approximate surface area is 181 Å². The Kier molecular flexibility index (Phi) is 6.97. The second kappa shape index (κ2) is 9.66. The fourth-order valence-electron chi connectivity index (χ4n) is 3.90. The lowest BCUT2D eigenvalue weighted by atomic mass is 10.1. The summed E-state index contributed by atoms with van der Waals surface area (Å²) in [4.78, 5) is 12.0. The number of para-hydroxylation sites is 1.